The van der Waals surface area contributed by atoms with E-state index in [1.807, 2.05) is 0 Å². The number of alkyl halides is 3. The average Bonchev–Trinajstić information content (AvgIpc) is 2.04. The van der Waals surface area contributed by atoms with Crippen LogP contribution in [0.2, 0.25) is 5.02 Å². The van der Waals surface area contributed by atoms with Gasteiger partial charge in [-0.3, -0.25) is 4.57 Å². The standard InChI is InChI=1S/C8H6Cl5O2P/c9-6-3-1-2-4-7(6)15-16(13,14)5-8(10,11)12/h1-4H,5H2. The van der Waals surface area contributed by atoms with Gasteiger partial charge in [0.1, 0.15) is 5.75 Å². The van der Waals surface area contributed by atoms with Crippen LogP contribution in [0, 0.1) is 0 Å². The predicted molar refractivity (Wildman–Crippen MR) is 70.7 cm³/mol. The Bertz CT molecular complexity index is 417. The van der Waals surface area contributed by atoms with Crippen molar-refractivity contribution in [3.63, 3.8) is 0 Å². The molecule has 0 aliphatic rings. The molecule has 1 atom stereocenters. The molecule has 0 aliphatic carbocycles. The highest BCUT2D eigenvalue weighted by molar-refractivity contribution is 7.85. The lowest BCUT2D eigenvalue weighted by Crippen LogP contribution is -2.10. The fourth-order valence-electron chi connectivity index (χ4n) is 0.912. The van der Waals surface area contributed by atoms with Gasteiger partial charge in [0.15, 0.2) is 0 Å². The van der Waals surface area contributed by atoms with Crippen LogP contribution in [0.4, 0.5) is 0 Å². The minimum atomic E-state index is -3.57. The summed E-state index contributed by atoms with van der Waals surface area (Å²) in [6.07, 6.45) is -0.405. The SMILES string of the molecule is O=P(Cl)(CC(Cl)(Cl)Cl)Oc1ccccc1Cl. The lowest BCUT2D eigenvalue weighted by Gasteiger charge is -2.17. The van der Waals surface area contributed by atoms with Crippen molar-refractivity contribution < 1.29 is 9.09 Å². The van der Waals surface area contributed by atoms with Crippen molar-refractivity contribution >= 4 is 64.4 Å². The highest BCUT2D eigenvalue weighted by atomic mass is 35.7. The first-order chi connectivity index (χ1) is 7.20. The maximum absolute atomic E-state index is 11.8. The van der Waals surface area contributed by atoms with E-state index in [2.05, 4.69) is 0 Å². The van der Waals surface area contributed by atoms with Crippen LogP contribution >= 0.6 is 64.4 Å². The molecule has 0 aliphatic heterocycles. The van der Waals surface area contributed by atoms with Crippen LogP contribution in [-0.2, 0) is 4.57 Å². The molecule has 0 saturated heterocycles. The summed E-state index contributed by atoms with van der Waals surface area (Å²) in [5.41, 5.74) is 0. The molecule has 8 heteroatoms. The van der Waals surface area contributed by atoms with Gasteiger partial charge >= 0.3 is 6.72 Å². The zero-order valence-corrected chi connectivity index (χ0v) is 12.3. The van der Waals surface area contributed by atoms with Crippen LogP contribution < -0.4 is 4.52 Å². The molecule has 0 heterocycles. The zero-order valence-electron chi connectivity index (χ0n) is 7.67. The zero-order chi connectivity index (χ0) is 12.4. The predicted octanol–water partition coefficient (Wildman–Crippen LogP) is 5.52. The second-order valence-electron chi connectivity index (χ2n) is 2.89. The van der Waals surface area contributed by atoms with E-state index in [0.717, 1.165) is 0 Å². The van der Waals surface area contributed by atoms with Crippen LogP contribution in [0.15, 0.2) is 24.3 Å². The Morgan fingerprint density at radius 2 is 1.81 bits per heavy atom. The molecule has 1 rings (SSSR count). The summed E-state index contributed by atoms with van der Waals surface area (Å²) in [5.74, 6) is 0.191. The van der Waals surface area contributed by atoms with Gasteiger partial charge in [-0.1, -0.05) is 58.5 Å². The van der Waals surface area contributed by atoms with Crippen LogP contribution in [0.1, 0.15) is 0 Å². The molecular formula is C8H6Cl5O2P. The Morgan fingerprint density at radius 3 is 2.31 bits per heavy atom. The van der Waals surface area contributed by atoms with Crippen LogP contribution in [-0.4, -0.2) is 9.95 Å². The highest BCUT2D eigenvalue weighted by Gasteiger charge is 2.34. The van der Waals surface area contributed by atoms with Gasteiger partial charge in [-0.15, -0.1) is 0 Å². The molecule has 0 amide bonds. The first-order valence-electron chi connectivity index (χ1n) is 3.99. The summed E-state index contributed by atoms with van der Waals surface area (Å²) in [7, 11) is 0. The Kier molecular flexibility index (Phi) is 5.13. The van der Waals surface area contributed by atoms with E-state index >= 15 is 0 Å². The second-order valence-corrected chi connectivity index (χ2v) is 9.03. The molecule has 16 heavy (non-hydrogen) atoms. The van der Waals surface area contributed by atoms with Crippen molar-refractivity contribution in [2.75, 3.05) is 6.16 Å². The molecule has 0 aromatic heterocycles. The third kappa shape index (κ3) is 5.35. The summed E-state index contributed by atoms with van der Waals surface area (Å²) in [4.78, 5) is 0. The summed E-state index contributed by atoms with van der Waals surface area (Å²) in [6.45, 7) is -3.57. The van der Waals surface area contributed by atoms with Gasteiger partial charge < -0.3 is 4.52 Å². The lowest BCUT2D eigenvalue weighted by atomic mass is 10.3. The topological polar surface area (TPSA) is 26.3 Å². The van der Waals surface area contributed by atoms with Gasteiger partial charge in [-0.25, -0.2) is 0 Å². The highest BCUT2D eigenvalue weighted by Crippen LogP contribution is 2.57. The number of halogens is 5. The molecule has 1 unspecified atom stereocenters. The normalized spacial score (nSPS) is 15.6. The Balaban J connectivity index is 2.81. The maximum atomic E-state index is 11.8. The number of rotatable bonds is 3. The van der Waals surface area contributed by atoms with E-state index in [9.17, 15) is 4.57 Å². The van der Waals surface area contributed by atoms with Gasteiger partial charge in [0.2, 0.25) is 3.79 Å². The smallest absolute Gasteiger partial charge is 0.340 e. The summed E-state index contributed by atoms with van der Waals surface area (Å²) in [6, 6.07) is 6.45. The molecular weight excluding hydrogens is 336 g/mol. The fourth-order valence-corrected chi connectivity index (χ4v) is 4.81. The molecule has 90 valence electrons. The van der Waals surface area contributed by atoms with Gasteiger partial charge in [-0.05, 0) is 23.4 Å². The number of hydrogen-bond donors (Lipinski definition) is 0. The van der Waals surface area contributed by atoms with Crippen LogP contribution in [0.5, 0.6) is 5.75 Å². The van der Waals surface area contributed by atoms with Crippen molar-refractivity contribution in [2.45, 2.75) is 3.79 Å². The maximum Gasteiger partial charge on any atom is 0.340 e. The largest absolute Gasteiger partial charge is 0.431 e. The van der Waals surface area contributed by atoms with Crippen LogP contribution in [0.25, 0.3) is 0 Å². The average molecular weight is 342 g/mol. The van der Waals surface area contributed by atoms with Crippen LogP contribution in [0.3, 0.4) is 0 Å². The molecule has 0 radical (unpaired) electrons. The Labute approximate surface area is 118 Å². The molecule has 0 bridgehead atoms. The molecule has 2 nitrogen and oxygen atoms in total. The van der Waals surface area contributed by atoms with Crippen molar-refractivity contribution in [3.8, 4) is 5.75 Å². The fraction of sp³-hybridized carbons (Fsp3) is 0.250. The van der Waals surface area contributed by atoms with Crippen molar-refractivity contribution in [1.29, 1.82) is 0 Å². The third-order valence-corrected chi connectivity index (χ3v) is 4.60. The first-order valence-corrected chi connectivity index (χ1v) is 8.22. The molecule has 0 spiro atoms. The number of hydrogen-bond acceptors (Lipinski definition) is 2. The summed E-state index contributed by atoms with van der Waals surface area (Å²) in [5, 5.41) is 0.285. The first kappa shape index (κ1) is 14.8. The summed E-state index contributed by atoms with van der Waals surface area (Å²) >= 11 is 27.9. The number of benzene rings is 1. The molecule has 0 saturated carbocycles. The van der Waals surface area contributed by atoms with Crippen molar-refractivity contribution in [1.82, 2.24) is 0 Å². The van der Waals surface area contributed by atoms with E-state index in [-0.39, 0.29) is 10.8 Å². The minimum Gasteiger partial charge on any atom is -0.431 e. The molecule has 0 N–H and O–H groups in total. The molecule has 1 aromatic rings. The van der Waals surface area contributed by atoms with Crippen molar-refractivity contribution in [3.05, 3.63) is 29.3 Å². The molecule has 0 fully saturated rings. The van der Waals surface area contributed by atoms with Gasteiger partial charge in [0.25, 0.3) is 0 Å². The van der Waals surface area contributed by atoms with Gasteiger partial charge in [0, 0.05) is 0 Å². The van der Waals surface area contributed by atoms with Crippen molar-refractivity contribution in [2.24, 2.45) is 0 Å². The quantitative estimate of drug-likeness (QED) is 0.534. The van der Waals surface area contributed by atoms with E-state index in [4.69, 9.17) is 62.2 Å². The van der Waals surface area contributed by atoms with E-state index in [1.54, 1.807) is 18.2 Å². The van der Waals surface area contributed by atoms with E-state index in [1.165, 1.54) is 6.07 Å². The second kappa shape index (κ2) is 5.56. The lowest BCUT2D eigenvalue weighted by molar-refractivity contribution is 0.498. The van der Waals surface area contributed by atoms with E-state index < -0.39 is 16.7 Å². The van der Waals surface area contributed by atoms with Gasteiger partial charge in [-0.2, -0.15) is 0 Å². The molecule has 1 aromatic carbocycles. The van der Waals surface area contributed by atoms with Gasteiger partial charge in [0.05, 0.1) is 11.2 Å². The summed E-state index contributed by atoms with van der Waals surface area (Å²) < 4.78 is 15.1. The Morgan fingerprint density at radius 1 is 1.25 bits per heavy atom. The van der Waals surface area contributed by atoms with E-state index in [0.29, 0.717) is 0 Å². The minimum absolute atomic E-state index is 0.191. The number of para-hydroxylation sites is 1. The third-order valence-electron chi connectivity index (χ3n) is 1.44. The Hall–Kier alpha value is 0.700. The monoisotopic (exact) mass is 340 g/mol.